The molecule has 110 valence electrons. The Morgan fingerprint density at radius 2 is 1.30 bits per heavy atom. The van der Waals surface area contributed by atoms with Gasteiger partial charge in [-0.1, -0.05) is 78.4 Å². The van der Waals surface area contributed by atoms with Gasteiger partial charge in [-0.15, -0.1) is 0 Å². The molecular formula is C22H17N. The summed E-state index contributed by atoms with van der Waals surface area (Å²) in [5.41, 5.74) is 5.61. The van der Waals surface area contributed by atoms with E-state index in [0.717, 1.165) is 22.5 Å². The molecule has 0 saturated carbocycles. The number of hydrogen-bond donors (Lipinski definition) is 0. The normalized spacial score (nSPS) is 10.8. The van der Waals surface area contributed by atoms with Gasteiger partial charge in [0, 0.05) is 16.5 Å². The van der Waals surface area contributed by atoms with E-state index in [9.17, 15) is 0 Å². The predicted molar refractivity (Wildman–Crippen MR) is 97.4 cm³/mol. The lowest BCUT2D eigenvalue weighted by atomic mass is 9.99. The van der Waals surface area contributed by atoms with E-state index in [1.165, 1.54) is 16.3 Å². The Balaban J connectivity index is 2.04. The molecule has 1 heteroatoms. The van der Waals surface area contributed by atoms with Gasteiger partial charge in [-0.2, -0.15) is 0 Å². The van der Waals surface area contributed by atoms with Crippen molar-refractivity contribution in [3.05, 3.63) is 90.5 Å². The van der Waals surface area contributed by atoms with Crippen molar-refractivity contribution in [1.29, 1.82) is 0 Å². The Bertz CT molecular complexity index is 957. The third-order valence-corrected chi connectivity index (χ3v) is 4.11. The lowest BCUT2D eigenvalue weighted by Gasteiger charge is -2.11. The summed E-state index contributed by atoms with van der Waals surface area (Å²) in [7, 11) is 0. The minimum Gasteiger partial charge on any atom is -0.247 e. The van der Waals surface area contributed by atoms with E-state index < -0.39 is 0 Å². The molecule has 0 unspecified atom stereocenters. The Kier molecular flexibility index (Phi) is 3.39. The molecule has 4 aromatic rings. The van der Waals surface area contributed by atoms with Gasteiger partial charge in [-0.25, -0.2) is 4.98 Å². The van der Waals surface area contributed by atoms with Crippen molar-refractivity contribution in [2.75, 3.05) is 0 Å². The first-order valence-electron chi connectivity index (χ1n) is 7.83. The van der Waals surface area contributed by atoms with Crippen LogP contribution >= 0.6 is 0 Å². The summed E-state index contributed by atoms with van der Waals surface area (Å²) in [6.45, 7) is 2.12. The monoisotopic (exact) mass is 295 g/mol. The first-order valence-corrected chi connectivity index (χ1v) is 7.83. The molecule has 1 aromatic heterocycles. The van der Waals surface area contributed by atoms with Crippen LogP contribution in [0.25, 0.3) is 33.3 Å². The molecule has 0 aliphatic carbocycles. The average molecular weight is 295 g/mol. The fraction of sp³-hybridized carbons (Fsp3) is 0.0455. The highest BCUT2D eigenvalue weighted by Crippen LogP contribution is 2.31. The third kappa shape index (κ3) is 2.62. The minimum absolute atomic E-state index is 1.01. The second-order valence-electron chi connectivity index (χ2n) is 5.81. The maximum atomic E-state index is 4.98. The zero-order valence-electron chi connectivity index (χ0n) is 13.0. The van der Waals surface area contributed by atoms with Crippen LogP contribution in [0.15, 0.2) is 84.9 Å². The third-order valence-electron chi connectivity index (χ3n) is 4.11. The van der Waals surface area contributed by atoms with Gasteiger partial charge < -0.3 is 0 Å². The molecule has 0 N–H and O–H groups in total. The highest BCUT2D eigenvalue weighted by molar-refractivity contribution is 5.97. The van der Waals surface area contributed by atoms with Crippen molar-refractivity contribution in [3.63, 3.8) is 0 Å². The summed E-state index contributed by atoms with van der Waals surface area (Å²) >= 11 is 0. The van der Waals surface area contributed by atoms with Crippen molar-refractivity contribution >= 4 is 10.8 Å². The number of rotatable bonds is 2. The van der Waals surface area contributed by atoms with Crippen LogP contribution in [0.1, 0.15) is 5.56 Å². The number of hydrogen-bond acceptors (Lipinski definition) is 1. The predicted octanol–water partition coefficient (Wildman–Crippen LogP) is 5.88. The first kappa shape index (κ1) is 13.7. The van der Waals surface area contributed by atoms with Crippen molar-refractivity contribution in [1.82, 2.24) is 4.98 Å². The van der Waals surface area contributed by atoms with Gasteiger partial charge in [0.15, 0.2) is 0 Å². The zero-order valence-corrected chi connectivity index (χ0v) is 13.0. The first-order chi connectivity index (χ1) is 11.3. The number of nitrogens with zero attached hydrogens (tertiary/aromatic N) is 1. The van der Waals surface area contributed by atoms with Crippen molar-refractivity contribution in [3.8, 4) is 22.5 Å². The topological polar surface area (TPSA) is 12.9 Å². The summed E-state index contributed by atoms with van der Waals surface area (Å²) < 4.78 is 0. The van der Waals surface area contributed by atoms with Crippen LogP contribution in [0.2, 0.25) is 0 Å². The van der Waals surface area contributed by atoms with Crippen molar-refractivity contribution < 1.29 is 0 Å². The van der Waals surface area contributed by atoms with Crippen LogP contribution in [0, 0.1) is 6.92 Å². The molecular weight excluding hydrogens is 278 g/mol. The SMILES string of the molecule is Cc1ccc2cc(-c3ccccc3)nc(-c3ccccc3)c2c1. The Morgan fingerprint density at radius 3 is 2.00 bits per heavy atom. The van der Waals surface area contributed by atoms with Gasteiger partial charge in [-0.05, 0) is 24.4 Å². The molecule has 0 bridgehead atoms. The molecule has 0 saturated heterocycles. The van der Waals surface area contributed by atoms with Crippen LogP contribution < -0.4 is 0 Å². The standard InChI is InChI=1S/C22H17N/c1-16-12-13-19-15-21(17-8-4-2-5-9-17)23-22(20(19)14-16)18-10-6-3-7-11-18/h2-15H,1H3. The Hall–Kier alpha value is -2.93. The van der Waals surface area contributed by atoms with E-state index in [1.54, 1.807) is 0 Å². The number of aromatic nitrogens is 1. The van der Waals surface area contributed by atoms with E-state index in [2.05, 4.69) is 79.7 Å². The molecule has 0 atom stereocenters. The average Bonchev–Trinajstić information content (AvgIpc) is 2.62. The van der Waals surface area contributed by atoms with Gasteiger partial charge in [0.2, 0.25) is 0 Å². The van der Waals surface area contributed by atoms with Crippen molar-refractivity contribution in [2.45, 2.75) is 6.92 Å². The molecule has 0 fully saturated rings. The molecule has 1 nitrogen and oxygen atoms in total. The molecule has 23 heavy (non-hydrogen) atoms. The van der Waals surface area contributed by atoms with Crippen LogP contribution in [-0.2, 0) is 0 Å². The van der Waals surface area contributed by atoms with E-state index in [4.69, 9.17) is 4.98 Å². The number of benzene rings is 3. The van der Waals surface area contributed by atoms with Crippen LogP contribution in [0.3, 0.4) is 0 Å². The van der Waals surface area contributed by atoms with Crippen LogP contribution in [0.5, 0.6) is 0 Å². The smallest absolute Gasteiger partial charge is 0.0787 e. The summed E-state index contributed by atoms with van der Waals surface area (Å²) in [6.07, 6.45) is 0. The van der Waals surface area contributed by atoms with E-state index in [-0.39, 0.29) is 0 Å². The maximum absolute atomic E-state index is 4.98. The largest absolute Gasteiger partial charge is 0.247 e. The van der Waals surface area contributed by atoms with E-state index in [1.807, 2.05) is 12.1 Å². The second-order valence-corrected chi connectivity index (χ2v) is 5.81. The molecule has 0 amide bonds. The number of fused-ring (bicyclic) bond motifs is 1. The fourth-order valence-electron chi connectivity index (χ4n) is 2.93. The van der Waals surface area contributed by atoms with Crippen LogP contribution in [-0.4, -0.2) is 4.98 Å². The lowest BCUT2D eigenvalue weighted by molar-refractivity contribution is 1.35. The second kappa shape index (κ2) is 5.69. The number of aryl methyl sites for hydroxylation is 1. The van der Waals surface area contributed by atoms with E-state index >= 15 is 0 Å². The van der Waals surface area contributed by atoms with Gasteiger partial charge in [0.05, 0.1) is 11.4 Å². The van der Waals surface area contributed by atoms with E-state index in [0.29, 0.717) is 0 Å². The molecule has 0 spiro atoms. The maximum Gasteiger partial charge on any atom is 0.0787 e. The van der Waals surface area contributed by atoms with Gasteiger partial charge in [-0.3, -0.25) is 0 Å². The Labute approximate surface area is 136 Å². The van der Waals surface area contributed by atoms with Gasteiger partial charge >= 0.3 is 0 Å². The molecule has 3 aromatic carbocycles. The molecule has 4 rings (SSSR count). The summed E-state index contributed by atoms with van der Waals surface area (Å²) in [5.74, 6) is 0. The fourth-order valence-corrected chi connectivity index (χ4v) is 2.93. The van der Waals surface area contributed by atoms with Gasteiger partial charge in [0.1, 0.15) is 0 Å². The molecule has 0 radical (unpaired) electrons. The van der Waals surface area contributed by atoms with Gasteiger partial charge in [0.25, 0.3) is 0 Å². The van der Waals surface area contributed by atoms with Crippen molar-refractivity contribution in [2.24, 2.45) is 0 Å². The lowest BCUT2D eigenvalue weighted by Crippen LogP contribution is -1.91. The molecule has 1 heterocycles. The number of pyridine rings is 1. The summed E-state index contributed by atoms with van der Waals surface area (Å²) in [5, 5.41) is 2.43. The molecule has 0 aliphatic heterocycles. The highest BCUT2D eigenvalue weighted by atomic mass is 14.7. The quantitative estimate of drug-likeness (QED) is 0.450. The minimum atomic E-state index is 1.01. The Morgan fingerprint density at radius 1 is 0.652 bits per heavy atom. The highest BCUT2D eigenvalue weighted by Gasteiger charge is 2.09. The van der Waals surface area contributed by atoms with Crippen LogP contribution in [0.4, 0.5) is 0 Å². The zero-order chi connectivity index (χ0) is 15.6. The summed E-state index contributed by atoms with van der Waals surface area (Å²) in [6, 6.07) is 29.5. The summed E-state index contributed by atoms with van der Waals surface area (Å²) in [4.78, 5) is 4.98. The molecule has 0 aliphatic rings.